The predicted molar refractivity (Wildman–Crippen MR) is 118 cm³/mol. The summed E-state index contributed by atoms with van der Waals surface area (Å²) < 4.78 is 0. The highest BCUT2D eigenvalue weighted by molar-refractivity contribution is 4.56. The molecule has 0 amide bonds. The van der Waals surface area contributed by atoms with Gasteiger partial charge < -0.3 is 21.7 Å². The molecule has 0 unspecified atom stereocenters. The minimum atomic E-state index is 0.723. The molecule has 0 aromatic heterocycles. The molecule has 158 valence electrons. The molecule has 0 atom stereocenters. The Morgan fingerprint density at radius 3 is 1.19 bits per heavy atom. The van der Waals surface area contributed by atoms with Crippen LogP contribution in [0.25, 0.3) is 0 Å². The Balaban J connectivity index is 2.95. The van der Waals surface area contributed by atoms with E-state index in [1.165, 1.54) is 96.4 Å². The maximum absolute atomic E-state index is 5.42. The van der Waals surface area contributed by atoms with E-state index in [-0.39, 0.29) is 0 Å². The molecule has 0 heterocycles. The molecule has 0 aliphatic heterocycles. The van der Waals surface area contributed by atoms with E-state index < -0.39 is 0 Å². The van der Waals surface area contributed by atoms with Gasteiger partial charge in [-0.05, 0) is 13.0 Å². The molecular formula is C22H50N4. The fourth-order valence-corrected chi connectivity index (χ4v) is 3.28. The van der Waals surface area contributed by atoms with Crippen molar-refractivity contribution < 1.29 is 0 Å². The zero-order valence-corrected chi connectivity index (χ0v) is 17.9. The summed E-state index contributed by atoms with van der Waals surface area (Å²) in [6.45, 7) is 9.28. The Hall–Kier alpha value is -0.160. The SMILES string of the molecule is CCCCCCCCCCCCCCCCNCCNCCNCCN. The van der Waals surface area contributed by atoms with Crippen molar-refractivity contribution in [2.45, 2.75) is 96.8 Å². The Kier molecular flexibility index (Phi) is 24.7. The summed E-state index contributed by atoms with van der Waals surface area (Å²) in [5.41, 5.74) is 5.42. The first-order chi connectivity index (χ1) is 12.9. The molecule has 0 aliphatic rings. The highest BCUT2D eigenvalue weighted by atomic mass is 15.0. The number of rotatable bonds is 23. The molecule has 26 heavy (non-hydrogen) atoms. The second kappa shape index (κ2) is 24.8. The predicted octanol–water partition coefficient (Wildman–Crippen LogP) is 4.20. The van der Waals surface area contributed by atoms with Crippen LogP contribution in [0.1, 0.15) is 96.8 Å². The Morgan fingerprint density at radius 1 is 0.423 bits per heavy atom. The lowest BCUT2D eigenvalue weighted by molar-refractivity contribution is 0.526. The molecule has 0 spiro atoms. The first-order valence-electron chi connectivity index (χ1n) is 11.7. The van der Waals surface area contributed by atoms with E-state index in [0.29, 0.717) is 0 Å². The lowest BCUT2D eigenvalue weighted by Gasteiger charge is -2.07. The number of nitrogens with two attached hydrogens (primary N) is 1. The third kappa shape index (κ3) is 23.8. The molecule has 4 nitrogen and oxygen atoms in total. The summed E-state index contributed by atoms with van der Waals surface area (Å²) in [5, 5.41) is 10.2. The zero-order valence-electron chi connectivity index (χ0n) is 17.9. The van der Waals surface area contributed by atoms with Crippen molar-refractivity contribution in [1.82, 2.24) is 16.0 Å². The van der Waals surface area contributed by atoms with Crippen LogP contribution >= 0.6 is 0 Å². The van der Waals surface area contributed by atoms with Crippen LogP contribution in [0.5, 0.6) is 0 Å². The molecule has 4 heteroatoms. The molecule has 5 N–H and O–H groups in total. The maximum Gasteiger partial charge on any atom is 0.00772 e. The number of unbranched alkanes of at least 4 members (excludes halogenated alkanes) is 13. The Morgan fingerprint density at radius 2 is 0.769 bits per heavy atom. The Bertz CT molecular complexity index is 212. The van der Waals surface area contributed by atoms with Gasteiger partial charge in [-0.25, -0.2) is 0 Å². The summed E-state index contributed by atoms with van der Waals surface area (Å²) in [6, 6.07) is 0. The topological polar surface area (TPSA) is 62.1 Å². The summed E-state index contributed by atoms with van der Waals surface area (Å²) >= 11 is 0. The van der Waals surface area contributed by atoms with Crippen molar-refractivity contribution in [3.8, 4) is 0 Å². The van der Waals surface area contributed by atoms with E-state index in [9.17, 15) is 0 Å². The van der Waals surface area contributed by atoms with Crippen molar-refractivity contribution >= 4 is 0 Å². The minimum absolute atomic E-state index is 0.723. The number of hydrogen-bond donors (Lipinski definition) is 4. The van der Waals surface area contributed by atoms with Crippen LogP contribution in [-0.2, 0) is 0 Å². The molecule has 0 saturated heterocycles. The zero-order chi connectivity index (χ0) is 19.0. The van der Waals surface area contributed by atoms with Gasteiger partial charge >= 0.3 is 0 Å². The molecule has 0 aromatic rings. The molecule has 0 aliphatic carbocycles. The molecule has 0 rings (SSSR count). The normalized spacial score (nSPS) is 11.3. The monoisotopic (exact) mass is 370 g/mol. The third-order valence-corrected chi connectivity index (χ3v) is 4.99. The standard InChI is InChI=1S/C22H50N4/c1-2-3-4-5-6-7-8-9-10-11-12-13-14-15-17-24-19-21-26-22-20-25-18-16-23/h24-26H,2-23H2,1H3. The van der Waals surface area contributed by atoms with E-state index in [1.54, 1.807) is 0 Å². The Labute approximate surface area is 164 Å². The highest BCUT2D eigenvalue weighted by Gasteiger charge is 1.94. The minimum Gasteiger partial charge on any atom is -0.329 e. The molecular weight excluding hydrogens is 320 g/mol. The van der Waals surface area contributed by atoms with Gasteiger partial charge in [-0.15, -0.1) is 0 Å². The largest absolute Gasteiger partial charge is 0.329 e. The van der Waals surface area contributed by atoms with Gasteiger partial charge in [0.2, 0.25) is 0 Å². The van der Waals surface area contributed by atoms with E-state index in [4.69, 9.17) is 5.73 Å². The van der Waals surface area contributed by atoms with E-state index in [0.717, 1.165) is 39.3 Å². The van der Waals surface area contributed by atoms with Crippen molar-refractivity contribution in [1.29, 1.82) is 0 Å². The fourth-order valence-electron chi connectivity index (χ4n) is 3.28. The quantitative estimate of drug-likeness (QED) is 0.204. The van der Waals surface area contributed by atoms with E-state index >= 15 is 0 Å². The van der Waals surface area contributed by atoms with Crippen molar-refractivity contribution in [2.24, 2.45) is 5.73 Å². The van der Waals surface area contributed by atoms with Crippen molar-refractivity contribution in [3.05, 3.63) is 0 Å². The van der Waals surface area contributed by atoms with Gasteiger partial charge in [0, 0.05) is 39.3 Å². The van der Waals surface area contributed by atoms with Crippen LogP contribution in [0.15, 0.2) is 0 Å². The van der Waals surface area contributed by atoms with Crippen LogP contribution in [0.4, 0.5) is 0 Å². The maximum atomic E-state index is 5.42. The van der Waals surface area contributed by atoms with Gasteiger partial charge in [0.25, 0.3) is 0 Å². The van der Waals surface area contributed by atoms with Crippen LogP contribution < -0.4 is 21.7 Å². The number of nitrogens with one attached hydrogen (secondary N) is 3. The molecule has 0 saturated carbocycles. The van der Waals surface area contributed by atoms with Gasteiger partial charge in [0.1, 0.15) is 0 Å². The molecule has 0 fully saturated rings. The smallest absolute Gasteiger partial charge is 0.00772 e. The summed E-state index contributed by atoms with van der Waals surface area (Å²) in [7, 11) is 0. The molecule has 0 aromatic carbocycles. The van der Waals surface area contributed by atoms with Gasteiger partial charge in [-0.1, -0.05) is 90.4 Å². The van der Waals surface area contributed by atoms with Crippen molar-refractivity contribution in [2.75, 3.05) is 45.8 Å². The molecule has 0 radical (unpaired) electrons. The molecule has 0 bridgehead atoms. The third-order valence-electron chi connectivity index (χ3n) is 4.99. The first kappa shape index (κ1) is 25.8. The van der Waals surface area contributed by atoms with Crippen LogP contribution in [0, 0.1) is 0 Å². The van der Waals surface area contributed by atoms with Crippen LogP contribution in [0.3, 0.4) is 0 Å². The van der Waals surface area contributed by atoms with Crippen LogP contribution in [0.2, 0.25) is 0 Å². The average Bonchev–Trinajstić information content (AvgIpc) is 2.66. The second-order valence-electron chi connectivity index (χ2n) is 7.63. The van der Waals surface area contributed by atoms with Gasteiger partial charge in [0.15, 0.2) is 0 Å². The van der Waals surface area contributed by atoms with E-state index in [2.05, 4.69) is 22.9 Å². The van der Waals surface area contributed by atoms with Crippen molar-refractivity contribution in [3.63, 3.8) is 0 Å². The number of hydrogen-bond acceptors (Lipinski definition) is 4. The van der Waals surface area contributed by atoms with Gasteiger partial charge in [-0.3, -0.25) is 0 Å². The van der Waals surface area contributed by atoms with Crippen LogP contribution in [-0.4, -0.2) is 45.8 Å². The second-order valence-corrected chi connectivity index (χ2v) is 7.63. The van der Waals surface area contributed by atoms with E-state index in [1.807, 2.05) is 0 Å². The lowest BCUT2D eigenvalue weighted by atomic mass is 10.0. The lowest BCUT2D eigenvalue weighted by Crippen LogP contribution is -2.34. The summed E-state index contributed by atoms with van der Waals surface area (Å²) in [4.78, 5) is 0. The highest BCUT2D eigenvalue weighted by Crippen LogP contribution is 2.12. The average molecular weight is 371 g/mol. The summed E-state index contributed by atoms with van der Waals surface area (Å²) in [5.74, 6) is 0. The fraction of sp³-hybridized carbons (Fsp3) is 1.00. The van der Waals surface area contributed by atoms with Gasteiger partial charge in [0.05, 0.1) is 0 Å². The summed E-state index contributed by atoms with van der Waals surface area (Å²) in [6.07, 6.45) is 20.1. The first-order valence-corrected chi connectivity index (χ1v) is 11.7. The van der Waals surface area contributed by atoms with Gasteiger partial charge in [-0.2, -0.15) is 0 Å².